The first-order valence-electron chi connectivity index (χ1n) is 8.27. The highest BCUT2D eigenvalue weighted by Crippen LogP contribution is 2.22. The lowest BCUT2D eigenvalue weighted by Gasteiger charge is -2.06. The molecule has 0 radical (unpaired) electrons. The number of aromatic nitrogens is 1. The van der Waals surface area contributed by atoms with Crippen molar-refractivity contribution in [3.63, 3.8) is 0 Å². The Balaban J connectivity index is 1.75. The molecule has 6 heteroatoms. The van der Waals surface area contributed by atoms with Gasteiger partial charge in [-0.05, 0) is 41.3 Å². The summed E-state index contributed by atoms with van der Waals surface area (Å²) >= 11 is 9.24. The van der Waals surface area contributed by atoms with E-state index in [1.807, 2.05) is 54.6 Å². The van der Waals surface area contributed by atoms with E-state index in [0.29, 0.717) is 6.54 Å². The number of hydrogen-bond donors (Lipinski definition) is 0. The van der Waals surface area contributed by atoms with Crippen molar-refractivity contribution >= 4 is 46.6 Å². The lowest BCUT2D eigenvalue weighted by molar-refractivity contribution is 0.789. The van der Waals surface area contributed by atoms with Crippen LogP contribution in [0, 0.1) is 0 Å². The van der Waals surface area contributed by atoms with Crippen molar-refractivity contribution in [2.24, 2.45) is 10.2 Å². The van der Waals surface area contributed by atoms with E-state index in [2.05, 4.69) is 44.3 Å². The molecule has 3 nitrogen and oxygen atoms in total. The van der Waals surface area contributed by atoms with Crippen LogP contribution in [0.15, 0.2) is 88.2 Å². The number of hydrogen-bond acceptors (Lipinski definition) is 4. The van der Waals surface area contributed by atoms with Gasteiger partial charge in [-0.25, -0.2) is 0 Å². The quantitative estimate of drug-likeness (QED) is 0.190. The monoisotopic (exact) mass is 411 g/mol. The molecule has 0 atom stereocenters. The molecule has 0 unspecified atom stereocenters. The number of thiophene rings is 1. The molecule has 0 N–H and O–H groups in total. The summed E-state index contributed by atoms with van der Waals surface area (Å²) in [7, 11) is 0. The van der Waals surface area contributed by atoms with Crippen LogP contribution in [0.3, 0.4) is 0 Å². The fraction of sp³-hybridized carbons (Fsp3) is 0.0476. The Morgan fingerprint density at radius 2 is 1.93 bits per heavy atom. The SMILES string of the molecule is C=CCn1c(-c2ccc(Cl)cc2)cs\c1=N/N=C/C=C/C=C/c1cccs1. The van der Waals surface area contributed by atoms with Crippen LogP contribution in [0.4, 0.5) is 0 Å². The summed E-state index contributed by atoms with van der Waals surface area (Å²) in [5.74, 6) is 0. The molecule has 0 amide bonds. The van der Waals surface area contributed by atoms with Gasteiger partial charge in [-0.3, -0.25) is 0 Å². The van der Waals surface area contributed by atoms with E-state index in [-0.39, 0.29) is 0 Å². The van der Waals surface area contributed by atoms with Crippen LogP contribution < -0.4 is 4.80 Å². The molecule has 0 saturated carbocycles. The number of allylic oxidation sites excluding steroid dienone is 4. The van der Waals surface area contributed by atoms with Crippen LogP contribution in [-0.2, 0) is 6.54 Å². The lowest BCUT2D eigenvalue weighted by Crippen LogP contribution is -2.14. The van der Waals surface area contributed by atoms with Crippen molar-refractivity contribution in [1.29, 1.82) is 0 Å². The smallest absolute Gasteiger partial charge is 0.211 e. The molecule has 3 rings (SSSR count). The Morgan fingerprint density at radius 1 is 1.07 bits per heavy atom. The summed E-state index contributed by atoms with van der Waals surface area (Å²) in [5.41, 5.74) is 2.15. The predicted molar refractivity (Wildman–Crippen MR) is 120 cm³/mol. The van der Waals surface area contributed by atoms with Crippen LogP contribution in [0.1, 0.15) is 4.88 Å². The summed E-state index contributed by atoms with van der Waals surface area (Å²) in [5, 5.41) is 13.3. The largest absolute Gasteiger partial charge is 0.311 e. The Morgan fingerprint density at radius 3 is 2.67 bits per heavy atom. The highest BCUT2D eigenvalue weighted by atomic mass is 35.5. The zero-order chi connectivity index (χ0) is 18.9. The van der Waals surface area contributed by atoms with Gasteiger partial charge in [-0.1, -0.05) is 48.0 Å². The standard InChI is InChI=1S/C21H18ClN3S2/c1-2-14-25-20(17-9-11-18(22)12-10-17)16-27-21(25)24-23-13-5-3-4-7-19-8-6-15-26-19/h2-13,15-16H,1,14H2/b5-3+,7-4+,23-13+,24-21-. The first-order valence-corrected chi connectivity index (χ1v) is 10.4. The molecule has 0 aliphatic heterocycles. The summed E-state index contributed by atoms with van der Waals surface area (Å²) in [6, 6.07) is 11.9. The molecule has 3 aromatic rings. The van der Waals surface area contributed by atoms with Gasteiger partial charge in [-0.15, -0.1) is 34.4 Å². The first-order chi connectivity index (χ1) is 13.3. The van der Waals surface area contributed by atoms with E-state index in [0.717, 1.165) is 21.1 Å². The van der Waals surface area contributed by atoms with Gasteiger partial charge in [0, 0.05) is 28.0 Å². The summed E-state index contributed by atoms with van der Waals surface area (Å²) in [4.78, 5) is 2.04. The van der Waals surface area contributed by atoms with Gasteiger partial charge in [0.2, 0.25) is 4.80 Å². The third-order valence-electron chi connectivity index (χ3n) is 3.57. The molecule has 0 aliphatic rings. The van der Waals surface area contributed by atoms with Crippen molar-refractivity contribution in [3.8, 4) is 11.3 Å². The van der Waals surface area contributed by atoms with Crippen molar-refractivity contribution in [1.82, 2.24) is 4.57 Å². The molecule has 2 heterocycles. The van der Waals surface area contributed by atoms with Gasteiger partial charge in [0.15, 0.2) is 0 Å². The Kier molecular flexibility index (Phi) is 7.16. The molecule has 0 saturated heterocycles. The Labute approximate surface area is 171 Å². The first kappa shape index (κ1) is 19.3. The second-order valence-corrected chi connectivity index (χ2v) is 7.69. The molecule has 0 spiro atoms. The minimum absolute atomic E-state index is 0.662. The summed E-state index contributed by atoms with van der Waals surface area (Å²) in [6.45, 7) is 4.50. The highest BCUT2D eigenvalue weighted by molar-refractivity contribution is 7.10. The van der Waals surface area contributed by atoms with Gasteiger partial charge >= 0.3 is 0 Å². The van der Waals surface area contributed by atoms with Crippen LogP contribution in [-0.4, -0.2) is 10.8 Å². The normalized spacial score (nSPS) is 12.7. The molecular weight excluding hydrogens is 394 g/mol. The molecule has 136 valence electrons. The molecule has 0 fully saturated rings. The van der Waals surface area contributed by atoms with Crippen molar-refractivity contribution in [2.75, 3.05) is 0 Å². The molecular formula is C21H18ClN3S2. The Bertz CT molecular complexity index is 1020. The Hall–Kier alpha value is -2.47. The molecule has 0 bridgehead atoms. The van der Waals surface area contributed by atoms with Crippen LogP contribution in [0.2, 0.25) is 5.02 Å². The van der Waals surface area contributed by atoms with E-state index in [4.69, 9.17) is 11.6 Å². The summed E-state index contributed by atoms with van der Waals surface area (Å²) in [6.07, 6.45) is 11.4. The minimum atomic E-state index is 0.662. The fourth-order valence-corrected chi connectivity index (χ4v) is 3.97. The topological polar surface area (TPSA) is 29.6 Å². The maximum absolute atomic E-state index is 5.99. The van der Waals surface area contributed by atoms with E-state index >= 15 is 0 Å². The van der Waals surface area contributed by atoms with Gasteiger partial charge in [0.05, 0.1) is 5.69 Å². The maximum atomic E-state index is 5.99. The average Bonchev–Trinajstić information content (AvgIpc) is 3.32. The molecule has 2 aromatic heterocycles. The van der Waals surface area contributed by atoms with Crippen LogP contribution in [0.25, 0.3) is 17.3 Å². The van der Waals surface area contributed by atoms with Crippen LogP contribution in [0.5, 0.6) is 0 Å². The van der Waals surface area contributed by atoms with Gasteiger partial charge in [0.1, 0.15) is 0 Å². The average molecular weight is 412 g/mol. The predicted octanol–water partition coefficient (Wildman–Crippen LogP) is 6.27. The number of halogens is 1. The zero-order valence-electron chi connectivity index (χ0n) is 14.5. The summed E-state index contributed by atoms with van der Waals surface area (Å²) < 4.78 is 2.08. The number of rotatable bonds is 7. The molecule has 27 heavy (non-hydrogen) atoms. The fourth-order valence-electron chi connectivity index (χ4n) is 2.34. The van der Waals surface area contributed by atoms with E-state index in [1.165, 1.54) is 4.88 Å². The molecule has 0 aliphatic carbocycles. The number of nitrogens with zero attached hydrogens (tertiary/aromatic N) is 3. The second kappa shape index (κ2) is 10.0. The second-order valence-electron chi connectivity index (χ2n) is 5.43. The number of benzene rings is 1. The minimum Gasteiger partial charge on any atom is -0.311 e. The van der Waals surface area contributed by atoms with Crippen LogP contribution >= 0.6 is 34.3 Å². The van der Waals surface area contributed by atoms with Crippen molar-refractivity contribution in [3.05, 3.63) is 92.7 Å². The third kappa shape index (κ3) is 5.50. The van der Waals surface area contributed by atoms with Gasteiger partial charge in [0.25, 0.3) is 0 Å². The van der Waals surface area contributed by atoms with Crippen molar-refractivity contribution < 1.29 is 0 Å². The maximum Gasteiger partial charge on any atom is 0.211 e. The van der Waals surface area contributed by atoms with E-state index in [9.17, 15) is 0 Å². The molecule has 1 aromatic carbocycles. The lowest BCUT2D eigenvalue weighted by atomic mass is 10.2. The van der Waals surface area contributed by atoms with Gasteiger partial charge in [-0.2, -0.15) is 5.10 Å². The van der Waals surface area contributed by atoms with E-state index in [1.54, 1.807) is 28.9 Å². The van der Waals surface area contributed by atoms with Gasteiger partial charge < -0.3 is 4.57 Å². The van der Waals surface area contributed by atoms with E-state index < -0.39 is 0 Å². The zero-order valence-corrected chi connectivity index (χ0v) is 16.9. The highest BCUT2D eigenvalue weighted by Gasteiger charge is 2.06. The van der Waals surface area contributed by atoms with Crippen molar-refractivity contribution in [2.45, 2.75) is 6.54 Å². The number of thiazole rings is 1. The third-order valence-corrected chi connectivity index (χ3v) is 5.51.